The molecule has 12 heteroatoms. The van der Waals surface area contributed by atoms with Crippen LogP contribution in [0.3, 0.4) is 0 Å². The van der Waals surface area contributed by atoms with Crippen molar-refractivity contribution in [1.82, 2.24) is 25.2 Å². The quantitative estimate of drug-likeness (QED) is 0.414. The maximum atomic E-state index is 13.5. The van der Waals surface area contributed by atoms with Crippen LogP contribution in [0.1, 0.15) is 35.2 Å². The lowest BCUT2D eigenvalue weighted by atomic mass is 9.98. The van der Waals surface area contributed by atoms with Gasteiger partial charge in [-0.05, 0) is 57.8 Å². The lowest BCUT2D eigenvalue weighted by molar-refractivity contribution is -0.271. The van der Waals surface area contributed by atoms with E-state index in [1.54, 1.807) is 30.3 Å². The number of nitrogens with two attached hydrogens (primary N) is 1. The summed E-state index contributed by atoms with van der Waals surface area (Å²) in [4.78, 5) is 16.1. The number of primary amides is 1. The van der Waals surface area contributed by atoms with Crippen LogP contribution < -0.4 is 5.73 Å². The number of nitrogens with zero attached hydrogens (tertiary/aromatic N) is 5. The number of benzene rings is 2. The fourth-order valence-electron chi connectivity index (χ4n) is 3.63. The van der Waals surface area contributed by atoms with Crippen LogP contribution in [0.5, 0.6) is 0 Å². The Balaban J connectivity index is 1.80. The van der Waals surface area contributed by atoms with Gasteiger partial charge in [0.05, 0.1) is 12.1 Å². The summed E-state index contributed by atoms with van der Waals surface area (Å²) in [6, 6.07) is 12.0. The number of alkyl halides is 3. The van der Waals surface area contributed by atoms with E-state index in [0.29, 0.717) is 27.6 Å². The molecule has 176 valence electrons. The molecular formula is C22H18F4N6O2. The predicted molar refractivity (Wildman–Crippen MR) is 113 cm³/mol. The number of hydrogen-bond donors (Lipinski definition) is 2. The van der Waals surface area contributed by atoms with Gasteiger partial charge in [-0.1, -0.05) is 31.2 Å². The van der Waals surface area contributed by atoms with Gasteiger partial charge in [-0.15, -0.1) is 5.10 Å². The minimum absolute atomic E-state index is 0.0375. The first-order valence-electron chi connectivity index (χ1n) is 10.1. The number of carbonyl (C=O) groups excluding carboxylic acids is 1. The van der Waals surface area contributed by atoms with Crippen molar-refractivity contribution >= 4 is 16.8 Å². The molecule has 0 saturated heterocycles. The Hall–Kier alpha value is -3.93. The van der Waals surface area contributed by atoms with E-state index in [9.17, 15) is 27.5 Å². The molecule has 1 atom stereocenters. The van der Waals surface area contributed by atoms with Gasteiger partial charge < -0.3 is 10.8 Å². The highest BCUT2D eigenvalue weighted by atomic mass is 19.4. The molecule has 0 radical (unpaired) electrons. The summed E-state index contributed by atoms with van der Waals surface area (Å²) >= 11 is 0. The topological polar surface area (TPSA) is 120 Å². The second kappa shape index (κ2) is 8.45. The summed E-state index contributed by atoms with van der Waals surface area (Å²) in [5.41, 5.74) is 4.15. The van der Waals surface area contributed by atoms with Gasteiger partial charge in [0.15, 0.2) is 5.82 Å². The SMILES string of the molecule is CCC(O)(c1nnnn1Cc1ccc2c(-c3ccc(F)cc3)cc(C(N)=O)nc2c1)C(F)(F)F. The molecule has 4 aromatic rings. The summed E-state index contributed by atoms with van der Waals surface area (Å²) in [6.45, 7) is 0.972. The molecule has 1 amide bonds. The second-order valence-electron chi connectivity index (χ2n) is 7.65. The van der Waals surface area contributed by atoms with Gasteiger partial charge in [0, 0.05) is 5.39 Å². The molecule has 0 aliphatic carbocycles. The first-order chi connectivity index (χ1) is 16.0. The van der Waals surface area contributed by atoms with Crippen LogP contribution in [0, 0.1) is 5.82 Å². The van der Waals surface area contributed by atoms with Gasteiger partial charge >= 0.3 is 6.18 Å². The molecule has 0 bridgehead atoms. The van der Waals surface area contributed by atoms with Crippen molar-refractivity contribution in [3.05, 3.63) is 71.4 Å². The molecule has 0 spiro atoms. The molecule has 0 aliphatic heterocycles. The number of aromatic nitrogens is 5. The van der Waals surface area contributed by atoms with Crippen molar-refractivity contribution < 1.29 is 27.5 Å². The van der Waals surface area contributed by atoms with Crippen molar-refractivity contribution in [3.8, 4) is 11.1 Å². The Kier molecular flexibility index (Phi) is 5.77. The first-order valence-corrected chi connectivity index (χ1v) is 10.1. The zero-order valence-corrected chi connectivity index (χ0v) is 17.7. The van der Waals surface area contributed by atoms with Gasteiger partial charge in [-0.25, -0.2) is 14.1 Å². The molecule has 0 saturated carbocycles. The second-order valence-corrected chi connectivity index (χ2v) is 7.65. The maximum Gasteiger partial charge on any atom is 0.424 e. The van der Waals surface area contributed by atoms with Gasteiger partial charge in [0.25, 0.3) is 5.91 Å². The highest BCUT2D eigenvalue weighted by Gasteiger charge is 2.57. The number of halogens is 4. The Morgan fingerprint density at radius 2 is 1.82 bits per heavy atom. The van der Waals surface area contributed by atoms with E-state index >= 15 is 0 Å². The molecular weight excluding hydrogens is 456 g/mol. The molecule has 2 heterocycles. The minimum atomic E-state index is -4.99. The largest absolute Gasteiger partial charge is 0.424 e. The normalized spacial score (nSPS) is 13.7. The number of hydrogen-bond acceptors (Lipinski definition) is 6. The molecule has 2 aromatic carbocycles. The molecule has 3 N–H and O–H groups in total. The van der Waals surface area contributed by atoms with Gasteiger partial charge in [-0.3, -0.25) is 4.79 Å². The van der Waals surface area contributed by atoms with Crippen LogP contribution in [0.2, 0.25) is 0 Å². The van der Waals surface area contributed by atoms with Crippen molar-refractivity contribution in [2.75, 3.05) is 0 Å². The van der Waals surface area contributed by atoms with E-state index in [1.165, 1.54) is 25.1 Å². The monoisotopic (exact) mass is 474 g/mol. The number of fused-ring (bicyclic) bond motifs is 1. The average molecular weight is 474 g/mol. The van der Waals surface area contributed by atoms with E-state index in [1.807, 2.05) is 0 Å². The van der Waals surface area contributed by atoms with Gasteiger partial charge in [-0.2, -0.15) is 13.2 Å². The summed E-state index contributed by atoms with van der Waals surface area (Å²) in [7, 11) is 0. The van der Waals surface area contributed by atoms with E-state index in [-0.39, 0.29) is 12.2 Å². The lowest BCUT2D eigenvalue weighted by Gasteiger charge is -2.27. The smallest absolute Gasteiger partial charge is 0.374 e. The fourth-order valence-corrected chi connectivity index (χ4v) is 3.63. The van der Waals surface area contributed by atoms with E-state index in [4.69, 9.17) is 5.73 Å². The fraction of sp³-hybridized carbons (Fsp3) is 0.227. The van der Waals surface area contributed by atoms with E-state index in [0.717, 1.165) is 4.68 Å². The Bertz CT molecular complexity index is 1370. The summed E-state index contributed by atoms with van der Waals surface area (Å²) in [5, 5.41) is 21.2. The third-order valence-corrected chi connectivity index (χ3v) is 5.50. The Labute approximate surface area is 190 Å². The minimum Gasteiger partial charge on any atom is -0.374 e. The van der Waals surface area contributed by atoms with Gasteiger partial charge in [0.2, 0.25) is 5.60 Å². The van der Waals surface area contributed by atoms with Crippen molar-refractivity contribution in [1.29, 1.82) is 0 Å². The molecule has 0 fully saturated rings. The molecule has 8 nitrogen and oxygen atoms in total. The number of carbonyl (C=O) groups is 1. The zero-order chi connectivity index (χ0) is 24.7. The number of pyridine rings is 1. The average Bonchev–Trinajstić information content (AvgIpc) is 3.25. The number of amides is 1. The summed E-state index contributed by atoms with van der Waals surface area (Å²) in [6.07, 6.45) is -5.67. The molecule has 1 unspecified atom stereocenters. The van der Waals surface area contributed by atoms with Crippen molar-refractivity contribution in [2.24, 2.45) is 5.73 Å². The molecule has 0 aliphatic rings. The van der Waals surface area contributed by atoms with Crippen LogP contribution in [-0.4, -0.2) is 42.4 Å². The highest BCUT2D eigenvalue weighted by molar-refractivity contribution is 6.00. The molecule has 34 heavy (non-hydrogen) atoms. The van der Waals surface area contributed by atoms with Crippen molar-refractivity contribution in [2.45, 2.75) is 31.7 Å². The Morgan fingerprint density at radius 3 is 2.44 bits per heavy atom. The third kappa shape index (κ3) is 4.07. The van der Waals surface area contributed by atoms with Crippen LogP contribution in [0.25, 0.3) is 22.0 Å². The number of tetrazole rings is 1. The number of aliphatic hydroxyl groups is 1. The highest BCUT2D eigenvalue weighted by Crippen LogP contribution is 2.40. The third-order valence-electron chi connectivity index (χ3n) is 5.50. The van der Waals surface area contributed by atoms with Crippen LogP contribution in [0.4, 0.5) is 17.6 Å². The number of rotatable bonds is 6. The van der Waals surface area contributed by atoms with Gasteiger partial charge in [0.1, 0.15) is 11.5 Å². The van der Waals surface area contributed by atoms with Crippen LogP contribution >= 0.6 is 0 Å². The maximum absolute atomic E-state index is 13.5. The van der Waals surface area contributed by atoms with Crippen LogP contribution in [-0.2, 0) is 12.1 Å². The van der Waals surface area contributed by atoms with Crippen molar-refractivity contribution in [3.63, 3.8) is 0 Å². The first kappa shape index (κ1) is 23.2. The summed E-state index contributed by atoms with van der Waals surface area (Å²) in [5.74, 6) is -1.95. The lowest BCUT2D eigenvalue weighted by Crippen LogP contribution is -2.44. The van der Waals surface area contributed by atoms with Crippen LogP contribution in [0.15, 0.2) is 48.5 Å². The molecule has 2 aromatic heterocycles. The zero-order valence-electron chi connectivity index (χ0n) is 17.7. The molecule has 4 rings (SSSR count). The summed E-state index contributed by atoms with van der Waals surface area (Å²) < 4.78 is 54.8. The Morgan fingerprint density at radius 1 is 1.12 bits per heavy atom. The van der Waals surface area contributed by atoms with E-state index < -0.39 is 35.7 Å². The standard InChI is InChI=1S/C22H18F4N6O2/c1-2-21(34,22(24,25)26)20-29-30-31-32(20)11-12-3-8-15-16(13-4-6-14(23)7-5-13)10-18(19(27)33)28-17(15)9-12/h3-10,34H,2,11H2,1H3,(H2,27,33). The predicted octanol–water partition coefficient (Wildman–Crippen LogP) is 3.33. The van der Waals surface area contributed by atoms with E-state index in [2.05, 4.69) is 20.5 Å².